The highest BCUT2D eigenvalue weighted by Gasteiger charge is 2.26. The number of terminal acetylenes is 1. The molecule has 0 spiro atoms. The lowest BCUT2D eigenvalue weighted by molar-refractivity contribution is 0.266. The zero-order valence-electron chi connectivity index (χ0n) is 15.7. The molecule has 2 atom stereocenters. The average Bonchev–Trinajstić information content (AvgIpc) is 2.62. The predicted molar refractivity (Wildman–Crippen MR) is 113 cm³/mol. The number of benzene rings is 2. The van der Waals surface area contributed by atoms with E-state index < -0.39 is 8.80 Å². The Morgan fingerprint density at radius 3 is 2.52 bits per heavy atom. The minimum absolute atomic E-state index is 0.169. The number of allylic oxidation sites excluding steroid dienone is 2. The smallest absolute Gasteiger partial charge is 0.170 e. The first-order valence-corrected chi connectivity index (χ1v) is 11.3. The number of unbranched alkanes of at least 4 members (excludes halogenated alkanes) is 1. The molecule has 2 rings (SSSR count). The molecule has 2 heteroatoms. The predicted octanol–water partition coefficient (Wildman–Crippen LogP) is 6.07. The van der Waals surface area contributed by atoms with Crippen molar-refractivity contribution in [1.29, 1.82) is 0 Å². The third-order valence-corrected chi connectivity index (χ3v) is 7.67. The van der Waals surface area contributed by atoms with Crippen molar-refractivity contribution in [3.63, 3.8) is 0 Å². The summed E-state index contributed by atoms with van der Waals surface area (Å²) in [5, 5.41) is 2.38. The standard InChI is InChI=1S/C23H30OSi/c1-5-7-8-9-10-18-23(25(6-2)19(3)4)24-22-17-13-15-20-14-11-12-16-21(20)22/h2,8-9,11-17,19,23,25H,5,7,10,18H2,1,3-4H3/b9-8+. The molecule has 0 saturated carbocycles. The third-order valence-electron chi connectivity index (χ3n) is 4.58. The molecule has 0 N–H and O–H groups in total. The lowest BCUT2D eigenvalue weighted by Gasteiger charge is -2.26. The highest BCUT2D eigenvalue weighted by molar-refractivity contribution is 6.70. The molecule has 0 bridgehead atoms. The summed E-state index contributed by atoms with van der Waals surface area (Å²) in [4.78, 5) is 0. The summed E-state index contributed by atoms with van der Waals surface area (Å²) in [6.07, 6.45) is 14.8. The molecular weight excluding hydrogens is 320 g/mol. The minimum atomic E-state index is -1.44. The van der Waals surface area contributed by atoms with Gasteiger partial charge in [-0.2, -0.15) is 0 Å². The Bertz CT molecular complexity index is 721. The van der Waals surface area contributed by atoms with Crippen LogP contribution in [-0.4, -0.2) is 14.5 Å². The van der Waals surface area contributed by atoms with E-state index in [1.807, 2.05) is 0 Å². The maximum atomic E-state index is 6.53. The van der Waals surface area contributed by atoms with Crippen LogP contribution in [0.1, 0.15) is 46.5 Å². The fourth-order valence-electron chi connectivity index (χ4n) is 3.17. The highest BCUT2D eigenvalue weighted by Crippen LogP contribution is 2.28. The topological polar surface area (TPSA) is 9.23 Å². The van der Waals surface area contributed by atoms with E-state index in [1.165, 1.54) is 17.2 Å². The van der Waals surface area contributed by atoms with E-state index in [0.29, 0.717) is 5.54 Å². The van der Waals surface area contributed by atoms with Crippen LogP contribution in [0.15, 0.2) is 54.6 Å². The fourth-order valence-corrected chi connectivity index (χ4v) is 5.47. The van der Waals surface area contributed by atoms with Crippen molar-refractivity contribution >= 4 is 19.6 Å². The van der Waals surface area contributed by atoms with Crippen molar-refractivity contribution in [2.75, 3.05) is 0 Å². The molecule has 0 aromatic heterocycles. The van der Waals surface area contributed by atoms with Gasteiger partial charge in [0.05, 0.1) is 5.73 Å². The van der Waals surface area contributed by atoms with Gasteiger partial charge in [-0.3, -0.25) is 0 Å². The normalized spacial score (nSPS) is 13.9. The molecule has 25 heavy (non-hydrogen) atoms. The van der Waals surface area contributed by atoms with Gasteiger partial charge >= 0.3 is 0 Å². The summed E-state index contributed by atoms with van der Waals surface area (Å²) in [6, 6.07) is 14.7. The summed E-state index contributed by atoms with van der Waals surface area (Å²) in [5.74, 6) is 0.967. The SMILES string of the molecule is C#C[SiH](C(C)C)C(CC/C=C/CCC)Oc1cccc2ccccc12. The van der Waals surface area contributed by atoms with Gasteiger partial charge in [0.15, 0.2) is 8.80 Å². The van der Waals surface area contributed by atoms with E-state index in [1.54, 1.807) is 0 Å². The highest BCUT2D eigenvalue weighted by atomic mass is 28.3. The summed E-state index contributed by atoms with van der Waals surface area (Å²) in [6.45, 7) is 6.68. The number of fused-ring (bicyclic) bond motifs is 1. The van der Waals surface area contributed by atoms with E-state index >= 15 is 0 Å². The average molecular weight is 351 g/mol. The second-order valence-corrected chi connectivity index (χ2v) is 10.4. The molecule has 132 valence electrons. The molecule has 0 aliphatic heterocycles. The van der Waals surface area contributed by atoms with Crippen molar-refractivity contribution in [3.8, 4) is 17.7 Å². The Labute approximate surface area is 154 Å². The molecule has 2 aromatic rings. The molecule has 2 aromatic carbocycles. The molecule has 0 saturated heterocycles. The van der Waals surface area contributed by atoms with Gasteiger partial charge in [0.2, 0.25) is 0 Å². The summed E-state index contributed by atoms with van der Waals surface area (Å²) in [5.41, 5.74) is 3.81. The number of hydrogen-bond donors (Lipinski definition) is 0. The molecular formula is C23H30OSi. The van der Waals surface area contributed by atoms with Crippen molar-refractivity contribution in [2.24, 2.45) is 0 Å². The molecule has 0 radical (unpaired) electrons. The molecule has 0 fully saturated rings. The summed E-state index contributed by atoms with van der Waals surface area (Å²) >= 11 is 0. The molecule has 2 unspecified atom stereocenters. The van der Waals surface area contributed by atoms with Gasteiger partial charge in [0.1, 0.15) is 5.75 Å². The third kappa shape index (κ3) is 5.51. The van der Waals surface area contributed by atoms with Crippen LogP contribution in [0, 0.1) is 12.0 Å². The van der Waals surface area contributed by atoms with Crippen molar-refractivity contribution in [3.05, 3.63) is 54.6 Å². The number of ether oxygens (including phenoxy) is 1. The monoisotopic (exact) mass is 350 g/mol. The Morgan fingerprint density at radius 2 is 1.80 bits per heavy atom. The second-order valence-electron chi connectivity index (χ2n) is 6.91. The summed E-state index contributed by atoms with van der Waals surface area (Å²) in [7, 11) is -1.44. The zero-order valence-corrected chi connectivity index (χ0v) is 16.9. The van der Waals surface area contributed by atoms with Gasteiger partial charge in [0, 0.05) is 5.39 Å². The molecule has 0 heterocycles. The van der Waals surface area contributed by atoms with Crippen LogP contribution in [-0.2, 0) is 0 Å². The van der Waals surface area contributed by atoms with Crippen LogP contribution < -0.4 is 4.74 Å². The van der Waals surface area contributed by atoms with E-state index in [4.69, 9.17) is 11.2 Å². The first-order valence-electron chi connectivity index (χ1n) is 9.43. The van der Waals surface area contributed by atoms with E-state index in [-0.39, 0.29) is 5.73 Å². The van der Waals surface area contributed by atoms with Gasteiger partial charge in [-0.25, -0.2) is 0 Å². The van der Waals surface area contributed by atoms with Crippen molar-refractivity contribution < 1.29 is 4.74 Å². The lowest BCUT2D eigenvalue weighted by Crippen LogP contribution is -2.37. The fraction of sp³-hybridized carbons (Fsp3) is 0.391. The number of rotatable bonds is 9. The van der Waals surface area contributed by atoms with Crippen LogP contribution >= 0.6 is 0 Å². The van der Waals surface area contributed by atoms with Crippen molar-refractivity contribution in [1.82, 2.24) is 0 Å². The second kappa shape index (κ2) is 10.1. The van der Waals surface area contributed by atoms with Crippen LogP contribution in [0.4, 0.5) is 0 Å². The number of hydrogen-bond acceptors (Lipinski definition) is 1. The van der Waals surface area contributed by atoms with Gasteiger partial charge in [-0.1, -0.05) is 75.7 Å². The van der Waals surface area contributed by atoms with Gasteiger partial charge in [0.25, 0.3) is 0 Å². The van der Waals surface area contributed by atoms with E-state index in [9.17, 15) is 0 Å². The van der Waals surface area contributed by atoms with Crippen LogP contribution in [0.3, 0.4) is 0 Å². The zero-order chi connectivity index (χ0) is 18.1. The van der Waals surface area contributed by atoms with Crippen LogP contribution in [0.2, 0.25) is 5.54 Å². The Morgan fingerprint density at radius 1 is 1.08 bits per heavy atom. The Balaban J connectivity index is 2.20. The minimum Gasteiger partial charge on any atom is -0.493 e. The maximum Gasteiger partial charge on any atom is 0.170 e. The van der Waals surface area contributed by atoms with Crippen LogP contribution in [0.25, 0.3) is 10.8 Å². The van der Waals surface area contributed by atoms with Crippen LogP contribution in [0.5, 0.6) is 5.75 Å². The molecule has 0 amide bonds. The first-order chi connectivity index (χ1) is 12.2. The Hall–Kier alpha value is -1.98. The Kier molecular flexibility index (Phi) is 7.82. The van der Waals surface area contributed by atoms with E-state index in [0.717, 1.165) is 25.0 Å². The lowest BCUT2D eigenvalue weighted by atomic mass is 10.1. The quantitative estimate of drug-likeness (QED) is 0.303. The maximum absolute atomic E-state index is 6.53. The summed E-state index contributed by atoms with van der Waals surface area (Å²) < 4.78 is 6.53. The van der Waals surface area contributed by atoms with Gasteiger partial charge in [-0.15, -0.1) is 12.0 Å². The first kappa shape index (κ1) is 19.3. The van der Waals surface area contributed by atoms with Gasteiger partial charge < -0.3 is 4.74 Å². The van der Waals surface area contributed by atoms with Gasteiger partial charge in [-0.05, 0) is 36.3 Å². The largest absolute Gasteiger partial charge is 0.493 e. The van der Waals surface area contributed by atoms with Crippen molar-refractivity contribution in [2.45, 2.75) is 57.7 Å². The molecule has 1 nitrogen and oxygen atoms in total. The van der Waals surface area contributed by atoms with E-state index in [2.05, 4.69) is 80.9 Å². The molecule has 0 aliphatic carbocycles. The molecule has 0 aliphatic rings.